The second-order valence-corrected chi connectivity index (χ2v) is 11.9. The highest BCUT2D eigenvalue weighted by atomic mass is 35.5. The lowest BCUT2D eigenvalue weighted by atomic mass is 9.99. The van der Waals surface area contributed by atoms with Gasteiger partial charge in [-0.1, -0.05) is 11.6 Å². The minimum Gasteiger partial charge on any atom is -0.349 e. The minimum absolute atomic E-state index is 0.0527. The Morgan fingerprint density at radius 1 is 1.12 bits per heavy atom. The van der Waals surface area contributed by atoms with Crippen molar-refractivity contribution in [1.29, 1.82) is 0 Å². The smallest absolute Gasteiger partial charge is 0.253 e. The molecule has 1 aromatic rings. The number of fused-ring (bicyclic) bond motifs is 3. The lowest BCUT2D eigenvalue weighted by Gasteiger charge is -2.39. The number of halogens is 1. The molecule has 5 rings (SSSR count). The average molecular weight is 481 g/mol. The van der Waals surface area contributed by atoms with Crippen molar-refractivity contribution < 1.29 is 18.0 Å². The molecule has 0 saturated carbocycles. The summed E-state index contributed by atoms with van der Waals surface area (Å²) in [5.74, 6) is 0.0770. The van der Waals surface area contributed by atoms with Crippen LogP contribution in [0.1, 0.15) is 54.4 Å². The van der Waals surface area contributed by atoms with Gasteiger partial charge in [0.15, 0.2) is 0 Å². The maximum absolute atomic E-state index is 13.2. The number of anilines is 1. The first kappa shape index (κ1) is 22.1. The topological polar surface area (TPSA) is 108 Å². The molecule has 3 fully saturated rings. The third-order valence-electron chi connectivity index (χ3n) is 7.29. The zero-order valence-corrected chi connectivity index (χ0v) is 19.5. The van der Waals surface area contributed by atoms with Crippen molar-refractivity contribution in [2.24, 2.45) is 5.92 Å². The van der Waals surface area contributed by atoms with Crippen LogP contribution in [-0.2, 0) is 21.2 Å². The summed E-state index contributed by atoms with van der Waals surface area (Å²) in [5.41, 5.74) is 1.78. The van der Waals surface area contributed by atoms with E-state index in [9.17, 15) is 18.0 Å². The summed E-state index contributed by atoms with van der Waals surface area (Å²) in [6, 6.07) is 3.11. The Morgan fingerprint density at radius 3 is 2.50 bits per heavy atom. The van der Waals surface area contributed by atoms with E-state index < -0.39 is 10.0 Å². The summed E-state index contributed by atoms with van der Waals surface area (Å²) < 4.78 is 28.2. The number of benzene rings is 1. The Hall–Kier alpha value is -1.68. The molecule has 0 unspecified atom stereocenters. The highest BCUT2D eigenvalue weighted by molar-refractivity contribution is 7.89. The van der Waals surface area contributed by atoms with Gasteiger partial charge in [-0.15, -0.1) is 0 Å². The van der Waals surface area contributed by atoms with Crippen LogP contribution in [0.25, 0.3) is 0 Å². The van der Waals surface area contributed by atoms with E-state index in [1.54, 1.807) is 16.4 Å². The average Bonchev–Trinajstić information content (AvgIpc) is 3.24. The van der Waals surface area contributed by atoms with Gasteiger partial charge in [0.05, 0.1) is 22.8 Å². The van der Waals surface area contributed by atoms with Crippen LogP contribution in [-0.4, -0.2) is 61.5 Å². The molecule has 1 aromatic carbocycles. The van der Waals surface area contributed by atoms with Crippen LogP contribution in [0.2, 0.25) is 5.02 Å². The first-order valence-electron chi connectivity index (χ1n) is 11.5. The molecule has 174 valence electrons. The quantitative estimate of drug-likeness (QED) is 0.596. The van der Waals surface area contributed by atoms with E-state index in [1.807, 2.05) is 0 Å². The van der Waals surface area contributed by atoms with Gasteiger partial charge in [-0.3, -0.25) is 9.59 Å². The molecule has 8 nitrogen and oxygen atoms in total. The number of carbonyl (C=O) groups is 2. The molecule has 2 bridgehead atoms. The summed E-state index contributed by atoms with van der Waals surface area (Å²) in [4.78, 5) is 24.6. The molecule has 0 spiro atoms. The number of amides is 2. The molecule has 0 aliphatic carbocycles. The zero-order chi connectivity index (χ0) is 22.5. The lowest BCUT2D eigenvalue weighted by Crippen LogP contribution is -2.53. The SMILES string of the molecule is O=C1Cc2cc(C(=O)N[C@@H]3C[C@H]4CC[C@@H](C3)N4S(=O)(=O)CC3CCNCC3)c(Cl)cc2N1. The van der Waals surface area contributed by atoms with E-state index in [-0.39, 0.29) is 48.0 Å². The molecular formula is C22H29ClN4O4S. The fourth-order valence-corrected chi connectivity index (χ4v) is 8.47. The maximum atomic E-state index is 13.2. The van der Waals surface area contributed by atoms with Gasteiger partial charge in [-0.25, -0.2) is 8.42 Å². The van der Waals surface area contributed by atoms with E-state index in [1.165, 1.54) is 0 Å². The maximum Gasteiger partial charge on any atom is 0.253 e. The Labute approximate surface area is 193 Å². The first-order chi connectivity index (χ1) is 15.3. The van der Waals surface area contributed by atoms with E-state index in [2.05, 4.69) is 16.0 Å². The molecule has 2 amide bonds. The van der Waals surface area contributed by atoms with Gasteiger partial charge in [-0.05, 0) is 75.2 Å². The van der Waals surface area contributed by atoms with Crippen molar-refractivity contribution in [1.82, 2.24) is 14.9 Å². The minimum atomic E-state index is -3.31. The van der Waals surface area contributed by atoms with E-state index >= 15 is 0 Å². The Bertz CT molecular complexity index is 1030. The predicted molar refractivity (Wildman–Crippen MR) is 122 cm³/mol. The lowest BCUT2D eigenvalue weighted by molar-refractivity contribution is -0.115. The monoisotopic (exact) mass is 480 g/mol. The Morgan fingerprint density at radius 2 is 1.81 bits per heavy atom. The number of nitrogens with zero attached hydrogens (tertiary/aromatic N) is 1. The van der Waals surface area contributed by atoms with Gasteiger partial charge in [-0.2, -0.15) is 4.31 Å². The third-order valence-corrected chi connectivity index (χ3v) is 9.73. The van der Waals surface area contributed by atoms with Crippen molar-refractivity contribution in [3.05, 3.63) is 28.3 Å². The molecule has 3 N–H and O–H groups in total. The number of sulfonamides is 1. The van der Waals surface area contributed by atoms with Crippen molar-refractivity contribution in [3.8, 4) is 0 Å². The van der Waals surface area contributed by atoms with E-state index in [4.69, 9.17) is 11.6 Å². The fraction of sp³-hybridized carbons (Fsp3) is 0.636. The first-order valence-corrected chi connectivity index (χ1v) is 13.4. The van der Waals surface area contributed by atoms with E-state index in [0.29, 0.717) is 29.1 Å². The predicted octanol–water partition coefficient (Wildman–Crippen LogP) is 1.89. The van der Waals surface area contributed by atoms with Gasteiger partial charge in [0.1, 0.15) is 0 Å². The van der Waals surface area contributed by atoms with Crippen molar-refractivity contribution in [3.63, 3.8) is 0 Å². The van der Waals surface area contributed by atoms with Crippen molar-refractivity contribution >= 4 is 39.1 Å². The second kappa shape index (κ2) is 8.59. The van der Waals surface area contributed by atoms with Gasteiger partial charge < -0.3 is 16.0 Å². The second-order valence-electron chi connectivity index (χ2n) is 9.54. The highest BCUT2D eigenvalue weighted by Gasteiger charge is 2.47. The standard InChI is InChI=1S/C22H29ClN4O4S/c23-19-11-20-14(8-21(28)26-20)7-18(19)22(29)25-15-9-16-1-2-17(10-15)27(16)32(30,31)12-13-3-5-24-6-4-13/h7,11,13,15-17,24H,1-6,8-10,12H2,(H,25,29)(H,26,28)/t15-,16-,17+. The normalized spacial score (nSPS) is 28.4. The number of hydrogen-bond acceptors (Lipinski definition) is 5. The van der Waals surface area contributed by atoms with Gasteiger partial charge >= 0.3 is 0 Å². The molecule has 4 aliphatic heterocycles. The zero-order valence-electron chi connectivity index (χ0n) is 17.9. The summed E-state index contributed by atoms with van der Waals surface area (Å²) in [6.07, 6.45) is 4.98. The van der Waals surface area contributed by atoms with Crippen molar-refractivity contribution in [2.45, 2.75) is 63.1 Å². The van der Waals surface area contributed by atoms with Gasteiger partial charge in [0.2, 0.25) is 15.9 Å². The van der Waals surface area contributed by atoms with Crippen LogP contribution in [0.15, 0.2) is 12.1 Å². The summed E-state index contributed by atoms with van der Waals surface area (Å²) in [5, 5.41) is 9.40. The van der Waals surface area contributed by atoms with Crippen LogP contribution in [0.3, 0.4) is 0 Å². The molecule has 3 saturated heterocycles. The molecule has 4 heterocycles. The van der Waals surface area contributed by atoms with Crippen LogP contribution in [0.5, 0.6) is 0 Å². The van der Waals surface area contributed by atoms with Crippen LogP contribution in [0, 0.1) is 5.92 Å². The van der Waals surface area contributed by atoms with Crippen LogP contribution >= 0.6 is 11.6 Å². The Kier molecular flexibility index (Phi) is 5.94. The summed E-state index contributed by atoms with van der Waals surface area (Å²) in [6.45, 7) is 1.77. The molecule has 0 aromatic heterocycles. The number of carbonyl (C=O) groups excluding carboxylic acids is 2. The van der Waals surface area contributed by atoms with Gasteiger partial charge in [0, 0.05) is 23.8 Å². The highest BCUT2D eigenvalue weighted by Crippen LogP contribution is 2.39. The van der Waals surface area contributed by atoms with E-state index in [0.717, 1.165) is 44.3 Å². The molecule has 0 radical (unpaired) electrons. The summed E-state index contributed by atoms with van der Waals surface area (Å²) in [7, 11) is -3.31. The molecule has 32 heavy (non-hydrogen) atoms. The number of rotatable bonds is 5. The number of hydrogen-bond donors (Lipinski definition) is 3. The fourth-order valence-electron chi connectivity index (χ4n) is 5.82. The number of nitrogens with one attached hydrogen (secondary N) is 3. The molecular weight excluding hydrogens is 452 g/mol. The largest absolute Gasteiger partial charge is 0.349 e. The molecule has 4 aliphatic rings. The van der Waals surface area contributed by atoms with Crippen LogP contribution < -0.4 is 16.0 Å². The number of piperidine rings is 2. The van der Waals surface area contributed by atoms with Crippen LogP contribution in [0.4, 0.5) is 5.69 Å². The van der Waals surface area contributed by atoms with Crippen molar-refractivity contribution in [2.75, 3.05) is 24.2 Å². The molecule has 10 heteroatoms. The molecule has 3 atom stereocenters. The Balaban J connectivity index is 1.25. The third kappa shape index (κ3) is 4.27. The summed E-state index contributed by atoms with van der Waals surface area (Å²) >= 11 is 6.31. The van der Waals surface area contributed by atoms with Gasteiger partial charge in [0.25, 0.3) is 5.91 Å².